The summed E-state index contributed by atoms with van der Waals surface area (Å²) in [5, 5.41) is 5.40. The average molecular weight is 735 g/mol. The molecule has 2 rings (SSSR count). The molecule has 15 heteroatoms. The molecule has 0 bridgehead atoms. The molecule has 1 aromatic carbocycles. The lowest BCUT2D eigenvalue weighted by atomic mass is 10.2. The highest BCUT2D eigenvalue weighted by atomic mass is 16.6. The van der Waals surface area contributed by atoms with Crippen LogP contribution in [0.4, 0.5) is 19.2 Å². The number of rotatable bonds is 8. The van der Waals surface area contributed by atoms with Crippen molar-refractivity contribution in [1.82, 2.24) is 30.2 Å². The summed E-state index contributed by atoms with van der Waals surface area (Å²) < 4.78 is 22.3. The van der Waals surface area contributed by atoms with Crippen molar-refractivity contribution in [2.24, 2.45) is 0 Å². The summed E-state index contributed by atoms with van der Waals surface area (Å²) >= 11 is 0. The molecular weight excluding hydrogens is 672 g/mol. The molecule has 52 heavy (non-hydrogen) atoms. The van der Waals surface area contributed by atoms with Gasteiger partial charge in [0.15, 0.2) is 0 Å². The topological polar surface area (TPSA) is 159 Å². The molecular formula is C37H62N6O9. The van der Waals surface area contributed by atoms with Gasteiger partial charge in [-0.1, -0.05) is 30.3 Å². The zero-order valence-corrected chi connectivity index (χ0v) is 32.9. The zero-order chi connectivity index (χ0) is 39.1. The first-order chi connectivity index (χ1) is 24.1. The van der Waals surface area contributed by atoms with E-state index in [0.717, 1.165) is 5.56 Å². The summed E-state index contributed by atoms with van der Waals surface area (Å²) in [5.41, 5.74) is -1.34. The summed E-state index contributed by atoms with van der Waals surface area (Å²) in [7, 11) is 0. The summed E-state index contributed by atoms with van der Waals surface area (Å²) in [6.45, 7) is 20.8. The number of hydrogen-bond donors (Lipinski definition) is 2. The van der Waals surface area contributed by atoms with E-state index in [9.17, 15) is 24.0 Å². The highest BCUT2D eigenvalue weighted by molar-refractivity contribution is 5.85. The first kappa shape index (κ1) is 43.9. The van der Waals surface area contributed by atoms with Crippen molar-refractivity contribution < 1.29 is 42.9 Å². The molecule has 0 aromatic heterocycles. The van der Waals surface area contributed by atoms with Gasteiger partial charge in [-0.25, -0.2) is 19.2 Å². The van der Waals surface area contributed by atoms with Crippen LogP contribution in [-0.4, -0.2) is 138 Å². The fraction of sp³-hybridized carbons (Fsp3) is 0.703. The van der Waals surface area contributed by atoms with Gasteiger partial charge in [-0.15, -0.1) is 0 Å². The lowest BCUT2D eigenvalue weighted by Crippen LogP contribution is -2.51. The van der Waals surface area contributed by atoms with Crippen LogP contribution >= 0.6 is 0 Å². The highest BCUT2D eigenvalue weighted by Crippen LogP contribution is 2.15. The van der Waals surface area contributed by atoms with Crippen LogP contribution in [-0.2, 0) is 30.3 Å². The van der Waals surface area contributed by atoms with Crippen LogP contribution in [0.1, 0.15) is 81.2 Å². The molecule has 5 amide bonds. The minimum Gasteiger partial charge on any atom is -0.445 e. The van der Waals surface area contributed by atoms with Crippen molar-refractivity contribution in [1.29, 1.82) is 0 Å². The first-order valence-electron chi connectivity index (χ1n) is 18.0. The van der Waals surface area contributed by atoms with E-state index in [1.165, 1.54) is 4.90 Å². The molecule has 0 aliphatic carbocycles. The van der Waals surface area contributed by atoms with Gasteiger partial charge in [0.05, 0.1) is 0 Å². The normalized spacial score (nSPS) is 16.1. The number of benzene rings is 1. The number of carbonyl (C=O) groups excluding carboxylic acids is 5. The Kier molecular flexibility index (Phi) is 17.0. The largest absolute Gasteiger partial charge is 0.445 e. The van der Waals surface area contributed by atoms with Crippen molar-refractivity contribution in [2.75, 3.05) is 65.4 Å². The highest BCUT2D eigenvalue weighted by Gasteiger charge is 2.29. The average Bonchev–Trinajstić information content (AvgIpc) is 3.00. The minimum atomic E-state index is -0.810. The molecule has 1 fully saturated rings. The third-order valence-electron chi connectivity index (χ3n) is 7.50. The third kappa shape index (κ3) is 18.3. The van der Waals surface area contributed by atoms with Gasteiger partial charge in [-0.2, -0.15) is 0 Å². The van der Waals surface area contributed by atoms with E-state index in [1.54, 1.807) is 79.0 Å². The van der Waals surface area contributed by atoms with Crippen molar-refractivity contribution in [3.8, 4) is 0 Å². The van der Waals surface area contributed by atoms with Crippen molar-refractivity contribution in [3.63, 3.8) is 0 Å². The van der Waals surface area contributed by atoms with E-state index in [4.69, 9.17) is 18.9 Å². The molecule has 1 atom stereocenters. The van der Waals surface area contributed by atoms with Crippen molar-refractivity contribution >= 4 is 30.3 Å². The van der Waals surface area contributed by atoms with E-state index < -0.39 is 47.2 Å². The van der Waals surface area contributed by atoms with Crippen LogP contribution in [0.2, 0.25) is 0 Å². The summed E-state index contributed by atoms with van der Waals surface area (Å²) in [6, 6.07) is 8.43. The SMILES string of the molecule is CC(NC(=O)OCc1ccccc1)C(=O)NCCCN1CCN(C(=O)OC(C)(C)C)CCN(C(=O)OC(C)(C)C)CCN(C(=O)OC(C)(C)C)CC1. The lowest BCUT2D eigenvalue weighted by Gasteiger charge is -2.35. The minimum absolute atomic E-state index is 0.0928. The van der Waals surface area contributed by atoms with Gasteiger partial charge >= 0.3 is 24.4 Å². The Morgan fingerprint density at radius 2 is 1.06 bits per heavy atom. The van der Waals surface area contributed by atoms with Gasteiger partial charge < -0.3 is 44.3 Å². The number of amides is 5. The predicted octanol–water partition coefficient (Wildman–Crippen LogP) is 4.83. The van der Waals surface area contributed by atoms with Gasteiger partial charge in [-0.3, -0.25) is 9.69 Å². The fourth-order valence-corrected chi connectivity index (χ4v) is 4.88. The van der Waals surface area contributed by atoms with Crippen LogP contribution < -0.4 is 10.6 Å². The lowest BCUT2D eigenvalue weighted by molar-refractivity contribution is -0.122. The smallest absolute Gasteiger partial charge is 0.410 e. The summed E-state index contributed by atoms with van der Waals surface area (Å²) in [6.07, 6.45) is -1.68. The van der Waals surface area contributed by atoms with Gasteiger partial charge in [0.25, 0.3) is 0 Å². The fourth-order valence-electron chi connectivity index (χ4n) is 4.88. The first-order valence-corrected chi connectivity index (χ1v) is 18.0. The molecule has 15 nitrogen and oxygen atoms in total. The Morgan fingerprint density at radius 3 is 1.46 bits per heavy atom. The Hall–Kier alpha value is -4.27. The predicted molar refractivity (Wildman–Crippen MR) is 197 cm³/mol. The molecule has 1 heterocycles. The molecule has 1 saturated heterocycles. The number of ether oxygens (including phenoxy) is 4. The van der Waals surface area contributed by atoms with Crippen LogP contribution in [0.3, 0.4) is 0 Å². The second kappa shape index (κ2) is 20.1. The van der Waals surface area contributed by atoms with E-state index in [-0.39, 0.29) is 38.7 Å². The van der Waals surface area contributed by atoms with Gasteiger partial charge in [0.1, 0.15) is 29.5 Å². The van der Waals surface area contributed by atoms with E-state index in [1.807, 2.05) is 30.3 Å². The Balaban J connectivity index is 2.11. The standard InChI is InChI=1S/C37H62N6O9/c1-28(39-31(45)49-27-29-15-12-11-13-16-29)30(44)38-17-14-18-40-19-21-41(32(46)50-35(2,3)4)23-25-43(34(48)52-37(8,9)10)26-24-42(22-20-40)33(47)51-36(5,6)7/h11-13,15-16,28H,14,17-27H2,1-10H3,(H,38,44)(H,39,45). The zero-order valence-electron chi connectivity index (χ0n) is 32.9. The van der Waals surface area contributed by atoms with Crippen molar-refractivity contribution in [3.05, 3.63) is 35.9 Å². The maximum atomic E-state index is 13.3. The molecule has 2 N–H and O–H groups in total. The monoisotopic (exact) mass is 734 g/mol. The maximum Gasteiger partial charge on any atom is 0.410 e. The summed E-state index contributed by atoms with van der Waals surface area (Å²) in [5.74, 6) is -0.355. The quantitative estimate of drug-likeness (QED) is 0.280. The van der Waals surface area contributed by atoms with Crippen LogP contribution in [0.5, 0.6) is 0 Å². The molecule has 0 radical (unpaired) electrons. The molecule has 0 saturated carbocycles. The number of alkyl carbamates (subject to hydrolysis) is 1. The Labute approximate surface area is 309 Å². The second-order valence-corrected chi connectivity index (χ2v) is 15.8. The summed E-state index contributed by atoms with van der Waals surface area (Å²) in [4.78, 5) is 71.5. The van der Waals surface area contributed by atoms with Crippen molar-refractivity contribution in [2.45, 2.75) is 105 Å². The molecule has 294 valence electrons. The van der Waals surface area contributed by atoms with Crippen LogP contribution in [0.25, 0.3) is 0 Å². The third-order valence-corrected chi connectivity index (χ3v) is 7.50. The Bertz CT molecular complexity index is 1260. The maximum absolute atomic E-state index is 13.3. The molecule has 0 spiro atoms. The van der Waals surface area contributed by atoms with Crippen LogP contribution in [0, 0.1) is 0 Å². The molecule has 1 aliphatic heterocycles. The van der Waals surface area contributed by atoms with Gasteiger partial charge in [0, 0.05) is 58.9 Å². The van der Waals surface area contributed by atoms with Gasteiger partial charge in [-0.05, 0) is 87.8 Å². The molecule has 1 unspecified atom stereocenters. The number of carbonyl (C=O) groups is 5. The number of hydrogen-bond acceptors (Lipinski definition) is 10. The van der Waals surface area contributed by atoms with Gasteiger partial charge in [0.2, 0.25) is 5.91 Å². The van der Waals surface area contributed by atoms with Crippen LogP contribution in [0.15, 0.2) is 30.3 Å². The second-order valence-electron chi connectivity index (χ2n) is 15.8. The Morgan fingerprint density at radius 1 is 0.654 bits per heavy atom. The number of nitrogens with zero attached hydrogens (tertiary/aromatic N) is 4. The molecule has 1 aliphatic rings. The van der Waals surface area contributed by atoms with E-state index in [2.05, 4.69) is 15.5 Å². The van der Waals surface area contributed by atoms with E-state index >= 15 is 0 Å². The van der Waals surface area contributed by atoms with E-state index in [0.29, 0.717) is 45.7 Å². The molecule has 1 aromatic rings. The number of nitrogens with one attached hydrogen (secondary N) is 2.